The number of fused-ring (bicyclic) bond motifs is 1. The van der Waals surface area contributed by atoms with E-state index in [0.717, 1.165) is 34.5 Å². The van der Waals surface area contributed by atoms with Gasteiger partial charge in [0.2, 0.25) is 0 Å². The zero-order valence-corrected chi connectivity index (χ0v) is 21.2. The third-order valence-electron chi connectivity index (χ3n) is 5.66. The molecular formula is C26H36N4O4. The molecule has 34 heavy (non-hydrogen) atoms. The van der Waals surface area contributed by atoms with Crippen LogP contribution in [0.4, 0.5) is 0 Å². The van der Waals surface area contributed by atoms with E-state index in [4.69, 9.17) is 9.72 Å². The number of aromatic nitrogens is 3. The molecule has 3 rings (SSSR count). The summed E-state index contributed by atoms with van der Waals surface area (Å²) in [5.74, 6) is 0.336. The summed E-state index contributed by atoms with van der Waals surface area (Å²) in [5, 5.41) is 13.2. The van der Waals surface area contributed by atoms with Crippen LogP contribution in [-0.4, -0.2) is 43.9 Å². The first kappa shape index (κ1) is 25.6. The minimum Gasteiger partial charge on any atom is -0.464 e. The molecule has 0 bridgehead atoms. The van der Waals surface area contributed by atoms with Crippen LogP contribution in [0.2, 0.25) is 0 Å². The van der Waals surface area contributed by atoms with E-state index in [0.29, 0.717) is 12.1 Å². The van der Waals surface area contributed by atoms with E-state index in [1.807, 2.05) is 51.2 Å². The maximum Gasteiger partial charge on any atom is 0.325 e. The number of pyridine rings is 1. The fraction of sp³-hybridized carbons (Fsp3) is 0.500. The lowest BCUT2D eigenvalue weighted by Gasteiger charge is -2.23. The van der Waals surface area contributed by atoms with Crippen molar-refractivity contribution in [2.75, 3.05) is 6.61 Å². The molecule has 0 amide bonds. The lowest BCUT2D eigenvalue weighted by atomic mass is 9.98. The molecule has 0 aliphatic heterocycles. The van der Waals surface area contributed by atoms with E-state index < -0.39 is 18.1 Å². The van der Waals surface area contributed by atoms with E-state index in [2.05, 4.69) is 16.8 Å². The van der Waals surface area contributed by atoms with Crippen molar-refractivity contribution in [1.29, 1.82) is 0 Å². The molecular weight excluding hydrogens is 432 g/mol. The summed E-state index contributed by atoms with van der Waals surface area (Å²) < 4.78 is 9.09. The van der Waals surface area contributed by atoms with E-state index in [9.17, 15) is 14.7 Å². The molecule has 8 nitrogen and oxygen atoms in total. The number of ether oxygens (including phenoxy) is 1. The number of esters is 1. The molecule has 0 spiro atoms. The van der Waals surface area contributed by atoms with Crippen molar-refractivity contribution in [3.63, 3.8) is 0 Å². The molecule has 2 aromatic heterocycles. The minimum absolute atomic E-state index is 0.0232. The quantitative estimate of drug-likeness (QED) is 0.493. The number of carbonyl (C=O) groups excluding carboxylic acids is 1. The largest absolute Gasteiger partial charge is 0.464 e. The first-order valence-corrected chi connectivity index (χ1v) is 11.7. The SMILES string of the molecule is CCn1c(-c2cc(C)c(=O)n(C)c2)nc2cc(CNC(C(=O)OCC(C)(C)C)[C@@H](C)O)ccc21. The molecule has 0 radical (unpaired) electrons. The number of rotatable bonds is 8. The number of aryl methyl sites for hydroxylation is 3. The molecule has 0 aliphatic carbocycles. The monoisotopic (exact) mass is 468 g/mol. The van der Waals surface area contributed by atoms with Gasteiger partial charge in [-0.1, -0.05) is 26.8 Å². The van der Waals surface area contributed by atoms with Crippen LogP contribution in [-0.2, 0) is 29.7 Å². The number of aliphatic hydroxyl groups is 1. The highest BCUT2D eigenvalue weighted by Gasteiger charge is 2.26. The van der Waals surface area contributed by atoms with Crippen LogP contribution < -0.4 is 10.9 Å². The van der Waals surface area contributed by atoms with Crippen LogP contribution in [0.25, 0.3) is 22.4 Å². The van der Waals surface area contributed by atoms with Gasteiger partial charge in [-0.25, -0.2) is 4.98 Å². The Kier molecular flexibility index (Phi) is 7.63. The standard InChI is InChI=1S/C26H36N4O4/c1-8-30-21-10-9-18(13-27-22(17(3)31)25(33)34-15-26(4,5)6)12-20(21)28-23(30)19-11-16(2)24(32)29(7)14-19/h9-12,14,17,22,27,31H,8,13,15H2,1-7H3/t17-,22?/m1/s1. The molecule has 2 N–H and O–H groups in total. The number of benzene rings is 1. The molecule has 184 valence electrons. The highest BCUT2D eigenvalue weighted by Crippen LogP contribution is 2.25. The van der Waals surface area contributed by atoms with Crippen LogP contribution in [0.15, 0.2) is 35.3 Å². The number of imidazole rings is 1. The van der Waals surface area contributed by atoms with Crippen molar-refractivity contribution in [2.24, 2.45) is 12.5 Å². The molecule has 8 heteroatoms. The van der Waals surface area contributed by atoms with E-state index in [-0.39, 0.29) is 17.6 Å². The fourth-order valence-electron chi connectivity index (χ4n) is 3.88. The van der Waals surface area contributed by atoms with Crippen molar-refractivity contribution < 1.29 is 14.6 Å². The second-order valence-electron chi connectivity index (χ2n) is 10.1. The number of hydrogen-bond donors (Lipinski definition) is 2. The van der Waals surface area contributed by atoms with Crippen LogP contribution >= 0.6 is 0 Å². The number of nitrogens with one attached hydrogen (secondary N) is 1. The lowest BCUT2D eigenvalue weighted by molar-refractivity contribution is -0.151. The third-order valence-corrected chi connectivity index (χ3v) is 5.66. The minimum atomic E-state index is -0.893. The highest BCUT2D eigenvalue weighted by atomic mass is 16.5. The van der Waals surface area contributed by atoms with E-state index in [1.54, 1.807) is 25.5 Å². The van der Waals surface area contributed by atoms with Gasteiger partial charge in [-0.2, -0.15) is 0 Å². The number of aliphatic hydroxyl groups excluding tert-OH is 1. The van der Waals surface area contributed by atoms with Crippen molar-refractivity contribution in [1.82, 2.24) is 19.4 Å². The average molecular weight is 469 g/mol. The maximum atomic E-state index is 12.5. The Morgan fingerprint density at radius 1 is 1.26 bits per heavy atom. The summed E-state index contributed by atoms with van der Waals surface area (Å²) in [6.07, 6.45) is 0.914. The van der Waals surface area contributed by atoms with Crippen molar-refractivity contribution in [2.45, 2.75) is 66.8 Å². The van der Waals surface area contributed by atoms with Crippen molar-refractivity contribution in [3.8, 4) is 11.4 Å². The van der Waals surface area contributed by atoms with Gasteiger partial charge < -0.3 is 19.0 Å². The van der Waals surface area contributed by atoms with Crippen LogP contribution in [0.1, 0.15) is 45.7 Å². The van der Waals surface area contributed by atoms with Gasteiger partial charge in [-0.3, -0.25) is 14.9 Å². The van der Waals surface area contributed by atoms with Gasteiger partial charge in [0.25, 0.3) is 5.56 Å². The first-order valence-electron chi connectivity index (χ1n) is 11.7. The molecule has 0 saturated carbocycles. The molecule has 0 aliphatic rings. The smallest absolute Gasteiger partial charge is 0.325 e. The summed E-state index contributed by atoms with van der Waals surface area (Å²) in [6, 6.07) is 7.02. The van der Waals surface area contributed by atoms with E-state index in [1.165, 1.54) is 0 Å². The van der Waals surface area contributed by atoms with Crippen molar-refractivity contribution in [3.05, 3.63) is 51.9 Å². The van der Waals surface area contributed by atoms with E-state index >= 15 is 0 Å². The van der Waals surface area contributed by atoms with Crippen LogP contribution in [0.3, 0.4) is 0 Å². The normalized spacial score (nSPS) is 13.8. The number of carbonyl (C=O) groups is 1. The summed E-state index contributed by atoms with van der Waals surface area (Å²) >= 11 is 0. The van der Waals surface area contributed by atoms with Crippen molar-refractivity contribution >= 4 is 17.0 Å². The summed E-state index contributed by atoms with van der Waals surface area (Å²) in [4.78, 5) is 29.5. The van der Waals surface area contributed by atoms with Gasteiger partial charge in [0, 0.05) is 37.5 Å². The molecule has 2 heterocycles. The Morgan fingerprint density at radius 3 is 2.56 bits per heavy atom. The Hall–Kier alpha value is -2.97. The summed E-state index contributed by atoms with van der Waals surface area (Å²) in [7, 11) is 1.74. The highest BCUT2D eigenvalue weighted by molar-refractivity contribution is 5.81. The second kappa shape index (κ2) is 10.1. The van der Waals surface area contributed by atoms with Gasteiger partial charge in [-0.05, 0) is 49.9 Å². The van der Waals surface area contributed by atoms with Gasteiger partial charge in [-0.15, -0.1) is 0 Å². The van der Waals surface area contributed by atoms with Gasteiger partial charge >= 0.3 is 5.97 Å². The molecule has 0 saturated heterocycles. The van der Waals surface area contributed by atoms with Gasteiger partial charge in [0.05, 0.1) is 23.7 Å². The van der Waals surface area contributed by atoms with Gasteiger partial charge in [0.15, 0.2) is 0 Å². The predicted molar refractivity (Wildman–Crippen MR) is 134 cm³/mol. The number of nitrogens with zero attached hydrogens (tertiary/aromatic N) is 3. The molecule has 3 aromatic rings. The molecule has 1 aromatic carbocycles. The maximum absolute atomic E-state index is 12.5. The van der Waals surface area contributed by atoms with Crippen LogP contribution in [0, 0.1) is 12.3 Å². The summed E-state index contributed by atoms with van der Waals surface area (Å²) in [6.45, 7) is 12.8. The summed E-state index contributed by atoms with van der Waals surface area (Å²) in [5.41, 5.74) is 4.13. The predicted octanol–water partition coefficient (Wildman–Crippen LogP) is 3.16. The average Bonchev–Trinajstić information content (AvgIpc) is 3.13. The molecule has 0 fully saturated rings. The molecule has 2 atom stereocenters. The Bertz CT molecular complexity index is 1210. The third kappa shape index (κ3) is 5.74. The second-order valence-corrected chi connectivity index (χ2v) is 10.1. The Balaban J connectivity index is 1.85. The zero-order valence-electron chi connectivity index (χ0n) is 21.2. The molecule has 1 unspecified atom stereocenters. The Morgan fingerprint density at radius 2 is 1.97 bits per heavy atom. The topological polar surface area (TPSA) is 98.4 Å². The number of hydrogen-bond acceptors (Lipinski definition) is 6. The zero-order chi connectivity index (χ0) is 25.2. The first-order chi connectivity index (χ1) is 15.9. The Labute approximate surface area is 200 Å². The van der Waals surface area contributed by atoms with Gasteiger partial charge in [0.1, 0.15) is 11.9 Å². The van der Waals surface area contributed by atoms with Crippen LogP contribution in [0.5, 0.6) is 0 Å². The lowest BCUT2D eigenvalue weighted by Crippen LogP contribution is -2.46. The fourth-order valence-corrected chi connectivity index (χ4v) is 3.88.